The van der Waals surface area contributed by atoms with E-state index in [0.29, 0.717) is 17.5 Å². The predicted octanol–water partition coefficient (Wildman–Crippen LogP) is 2.54. The summed E-state index contributed by atoms with van der Waals surface area (Å²) in [5.41, 5.74) is 0. The standard InChI is InChI=1S/C15H20N4O2S/c20-14(16-9-12-6-3-7-21-12)10-22-15-17-13(18-19-15)8-11-4-1-2-5-11/h3,6-7,11H,1-2,4-5,8-10H2,(H,16,20)(H,17,18,19). The first-order valence-corrected chi connectivity index (χ1v) is 8.61. The van der Waals surface area contributed by atoms with Crippen LogP contribution in [0.25, 0.3) is 0 Å². The zero-order chi connectivity index (χ0) is 15.2. The molecule has 1 fully saturated rings. The van der Waals surface area contributed by atoms with Gasteiger partial charge in [-0.3, -0.25) is 9.89 Å². The summed E-state index contributed by atoms with van der Waals surface area (Å²) in [7, 11) is 0. The maximum atomic E-state index is 11.8. The minimum Gasteiger partial charge on any atom is -0.467 e. The van der Waals surface area contributed by atoms with Gasteiger partial charge in [-0.2, -0.15) is 0 Å². The van der Waals surface area contributed by atoms with Crippen LogP contribution < -0.4 is 5.32 Å². The molecule has 0 atom stereocenters. The van der Waals surface area contributed by atoms with Crippen molar-refractivity contribution < 1.29 is 9.21 Å². The second kappa shape index (κ2) is 7.49. The highest BCUT2D eigenvalue weighted by Crippen LogP contribution is 2.27. The number of carbonyl (C=O) groups excluding carboxylic acids is 1. The number of aromatic amines is 1. The van der Waals surface area contributed by atoms with Gasteiger partial charge in [0.2, 0.25) is 11.1 Å². The van der Waals surface area contributed by atoms with Gasteiger partial charge in [0.25, 0.3) is 0 Å². The second-order valence-corrected chi connectivity index (χ2v) is 6.51. The van der Waals surface area contributed by atoms with Gasteiger partial charge >= 0.3 is 0 Å². The lowest BCUT2D eigenvalue weighted by atomic mass is 10.0. The Kier molecular flexibility index (Phi) is 5.15. The van der Waals surface area contributed by atoms with Crippen molar-refractivity contribution in [2.45, 2.75) is 43.8 Å². The quantitative estimate of drug-likeness (QED) is 0.766. The molecule has 2 heterocycles. The van der Waals surface area contributed by atoms with Gasteiger partial charge in [0.1, 0.15) is 11.6 Å². The average Bonchev–Trinajstić information content (AvgIpc) is 3.26. The van der Waals surface area contributed by atoms with Crippen LogP contribution in [-0.4, -0.2) is 26.8 Å². The van der Waals surface area contributed by atoms with Crippen LogP contribution >= 0.6 is 11.8 Å². The number of amides is 1. The molecule has 3 rings (SSSR count). The molecule has 0 radical (unpaired) electrons. The third kappa shape index (κ3) is 4.37. The number of furan rings is 1. The van der Waals surface area contributed by atoms with E-state index < -0.39 is 0 Å². The molecule has 0 saturated heterocycles. The van der Waals surface area contributed by atoms with Crippen LogP contribution in [0.1, 0.15) is 37.3 Å². The molecule has 6 nitrogen and oxygen atoms in total. The zero-order valence-electron chi connectivity index (χ0n) is 12.4. The highest BCUT2D eigenvalue weighted by atomic mass is 32.2. The van der Waals surface area contributed by atoms with Crippen LogP contribution in [0.15, 0.2) is 28.0 Å². The van der Waals surface area contributed by atoms with E-state index in [0.717, 1.165) is 23.9 Å². The van der Waals surface area contributed by atoms with Gasteiger partial charge in [-0.15, -0.1) is 5.10 Å². The van der Waals surface area contributed by atoms with Crippen molar-refractivity contribution in [3.8, 4) is 0 Å². The minimum absolute atomic E-state index is 0.0523. The summed E-state index contributed by atoms with van der Waals surface area (Å²) in [5, 5.41) is 10.6. The SMILES string of the molecule is O=C(CSc1n[nH]c(CC2CCCC2)n1)NCc1ccco1. The Morgan fingerprint density at radius 3 is 3.09 bits per heavy atom. The van der Waals surface area contributed by atoms with Crippen molar-refractivity contribution >= 4 is 17.7 Å². The van der Waals surface area contributed by atoms with Crippen molar-refractivity contribution in [2.24, 2.45) is 5.92 Å². The number of rotatable bonds is 7. The first kappa shape index (κ1) is 15.1. The molecule has 2 aromatic heterocycles. The van der Waals surface area contributed by atoms with Crippen molar-refractivity contribution in [1.82, 2.24) is 20.5 Å². The average molecular weight is 320 g/mol. The third-order valence-corrected chi connectivity index (χ3v) is 4.69. The van der Waals surface area contributed by atoms with Gasteiger partial charge in [-0.25, -0.2) is 4.98 Å². The summed E-state index contributed by atoms with van der Waals surface area (Å²) in [6.45, 7) is 0.410. The van der Waals surface area contributed by atoms with Crippen LogP contribution in [-0.2, 0) is 17.8 Å². The summed E-state index contributed by atoms with van der Waals surface area (Å²) in [5.74, 6) is 2.67. The molecule has 118 valence electrons. The fourth-order valence-electron chi connectivity index (χ4n) is 2.70. The largest absolute Gasteiger partial charge is 0.467 e. The van der Waals surface area contributed by atoms with Crippen LogP contribution in [0, 0.1) is 5.92 Å². The molecule has 1 aliphatic carbocycles. The maximum Gasteiger partial charge on any atom is 0.230 e. The number of aromatic nitrogens is 3. The molecule has 0 aromatic carbocycles. The summed E-state index contributed by atoms with van der Waals surface area (Å²) in [6.07, 6.45) is 7.80. The first-order chi connectivity index (χ1) is 10.8. The monoisotopic (exact) mass is 320 g/mol. The number of hydrogen-bond acceptors (Lipinski definition) is 5. The van der Waals surface area contributed by atoms with Gasteiger partial charge in [0.15, 0.2) is 0 Å². The Morgan fingerprint density at radius 1 is 1.45 bits per heavy atom. The predicted molar refractivity (Wildman–Crippen MR) is 83.3 cm³/mol. The fraction of sp³-hybridized carbons (Fsp3) is 0.533. The van der Waals surface area contributed by atoms with Crippen LogP contribution in [0.5, 0.6) is 0 Å². The molecule has 1 saturated carbocycles. The van der Waals surface area contributed by atoms with Gasteiger partial charge in [0, 0.05) is 6.42 Å². The Morgan fingerprint density at radius 2 is 2.32 bits per heavy atom. The lowest BCUT2D eigenvalue weighted by Gasteiger charge is -2.04. The highest BCUT2D eigenvalue weighted by Gasteiger charge is 2.17. The number of nitrogens with zero attached hydrogens (tertiary/aromatic N) is 2. The number of nitrogens with one attached hydrogen (secondary N) is 2. The number of hydrogen-bond donors (Lipinski definition) is 2. The van der Waals surface area contributed by atoms with Crippen molar-refractivity contribution in [2.75, 3.05) is 5.75 Å². The molecule has 2 aromatic rings. The van der Waals surface area contributed by atoms with Crippen molar-refractivity contribution in [3.05, 3.63) is 30.0 Å². The Balaban J connectivity index is 1.39. The summed E-state index contributed by atoms with van der Waals surface area (Å²) in [4.78, 5) is 16.2. The zero-order valence-corrected chi connectivity index (χ0v) is 13.2. The van der Waals surface area contributed by atoms with E-state index in [4.69, 9.17) is 4.42 Å². The maximum absolute atomic E-state index is 11.8. The highest BCUT2D eigenvalue weighted by molar-refractivity contribution is 7.99. The number of H-pyrrole nitrogens is 1. The molecule has 22 heavy (non-hydrogen) atoms. The topological polar surface area (TPSA) is 83.8 Å². The van der Waals surface area contributed by atoms with E-state index in [2.05, 4.69) is 20.5 Å². The van der Waals surface area contributed by atoms with Crippen LogP contribution in [0.3, 0.4) is 0 Å². The van der Waals surface area contributed by atoms with Crippen molar-refractivity contribution in [3.63, 3.8) is 0 Å². The van der Waals surface area contributed by atoms with Crippen LogP contribution in [0.2, 0.25) is 0 Å². The van der Waals surface area contributed by atoms with Crippen LogP contribution in [0.4, 0.5) is 0 Å². The lowest BCUT2D eigenvalue weighted by molar-refractivity contribution is -0.118. The minimum atomic E-state index is -0.0523. The number of thioether (sulfide) groups is 1. The van der Waals surface area contributed by atoms with Crippen molar-refractivity contribution in [1.29, 1.82) is 0 Å². The van der Waals surface area contributed by atoms with E-state index in [-0.39, 0.29) is 5.91 Å². The Bertz CT molecular complexity index is 590. The molecule has 7 heteroatoms. The molecule has 0 aliphatic heterocycles. The normalized spacial score (nSPS) is 15.3. The summed E-state index contributed by atoms with van der Waals surface area (Å²) in [6, 6.07) is 3.63. The molecular weight excluding hydrogens is 300 g/mol. The smallest absolute Gasteiger partial charge is 0.230 e. The number of carbonyl (C=O) groups is 1. The van der Waals surface area contributed by atoms with E-state index >= 15 is 0 Å². The van der Waals surface area contributed by atoms with E-state index in [1.807, 2.05) is 6.07 Å². The molecule has 0 bridgehead atoms. The molecule has 0 spiro atoms. The lowest BCUT2D eigenvalue weighted by Crippen LogP contribution is -2.24. The summed E-state index contributed by atoms with van der Waals surface area (Å²) >= 11 is 1.35. The molecular formula is C15H20N4O2S. The Hall–Kier alpha value is -1.76. The van der Waals surface area contributed by atoms with E-state index in [1.165, 1.54) is 37.4 Å². The third-order valence-electron chi connectivity index (χ3n) is 3.84. The fourth-order valence-corrected chi connectivity index (χ4v) is 3.35. The van der Waals surface area contributed by atoms with E-state index in [9.17, 15) is 4.79 Å². The molecule has 2 N–H and O–H groups in total. The van der Waals surface area contributed by atoms with E-state index in [1.54, 1.807) is 12.3 Å². The molecule has 1 aliphatic rings. The van der Waals surface area contributed by atoms with Gasteiger partial charge < -0.3 is 9.73 Å². The van der Waals surface area contributed by atoms with Gasteiger partial charge in [-0.05, 0) is 18.1 Å². The first-order valence-electron chi connectivity index (χ1n) is 7.63. The molecule has 1 amide bonds. The van der Waals surface area contributed by atoms with Gasteiger partial charge in [-0.1, -0.05) is 37.4 Å². The van der Waals surface area contributed by atoms with Gasteiger partial charge in [0.05, 0.1) is 18.6 Å². The second-order valence-electron chi connectivity index (χ2n) is 5.56. The molecule has 0 unspecified atom stereocenters. The Labute approximate surface area is 133 Å². The summed E-state index contributed by atoms with van der Waals surface area (Å²) < 4.78 is 5.16.